The first-order chi connectivity index (χ1) is 9.92. The largest absolute Gasteiger partial charge is 0.481 e. The van der Waals surface area contributed by atoms with Crippen LogP contribution in [0.15, 0.2) is 24.3 Å². The van der Waals surface area contributed by atoms with E-state index in [1.807, 2.05) is 26.0 Å². The number of carboxylic acid groups (broad SMARTS) is 1. The molecule has 1 unspecified atom stereocenters. The summed E-state index contributed by atoms with van der Waals surface area (Å²) in [5.74, 6) is -0.662. The van der Waals surface area contributed by atoms with Gasteiger partial charge in [-0.15, -0.1) is 0 Å². The van der Waals surface area contributed by atoms with Crippen molar-refractivity contribution >= 4 is 11.9 Å². The summed E-state index contributed by atoms with van der Waals surface area (Å²) in [7, 11) is 0. The fourth-order valence-corrected chi connectivity index (χ4v) is 2.28. The Balaban J connectivity index is 2.56. The number of hydrogen-bond donors (Lipinski definition) is 3. The Hall–Kier alpha value is -1.88. The van der Waals surface area contributed by atoms with Crippen LogP contribution in [0.2, 0.25) is 0 Å². The second-order valence-corrected chi connectivity index (χ2v) is 5.70. The Morgan fingerprint density at radius 1 is 1.24 bits per heavy atom. The first-order valence-corrected chi connectivity index (χ1v) is 7.21. The van der Waals surface area contributed by atoms with Crippen LogP contribution in [0, 0.1) is 11.8 Å². The smallest absolute Gasteiger partial charge is 0.303 e. The normalized spacial score (nSPS) is 12.2. The van der Waals surface area contributed by atoms with E-state index in [1.54, 1.807) is 12.1 Å². The highest BCUT2D eigenvalue weighted by molar-refractivity contribution is 5.94. The first kappa shape index (κ1) is 17.2. The summed E-state index contributed by atoms with van der Waals surface area (Å²) in [6.45, 7) is 4.91. The van der Waals surface area contributed by atoms with E-state index in [9.17, 15) is 9.59 Å². The van der Waals surface area contributed by atoms with Crippen LogP contribution in [0.3, 0.4) is 0 Å². The molecular formula is C16H24N2O3. The van der Waals surface area contributed by atoms with Crippen LogP contribution < -0.4 is 11.1 Å². The van der Waals surface area contributed by atoms with Gasteiger partial charge in [0, 0.05) is 25.1 Å². The molecule has 1 atom stereocenters. The highest BCUT2D eigenvalue weighted by Crippen LogP contribution is 2.15. The molecule has 0 aromatic heterocycles. The number of aliphatic carboxylic acids is 1. The molecule has 5 heteroatoms. The summed E-state index contributed by atoms with van der Waals surface area (Å²) in [6.07, 6.45) is 0.850. The Bertz CT molecular complexity index is 469. The zero-order valence-electron chi connectivity index (χ0n) is 12.6. The molecule has 1 amide bonds. The number of carbonyl (C=O) groups excluding carboxylic acids is 1. The average Bonchev–Trinajstić information content (AvgIpc) is 2.43. The molecule has 0 aliphatic rings. The number of hydrogen-bond acceptors (Lipinski definition) is 3. The highest BCUT2D eigenvalue weighted by atomic mass is 16.4. The quantitative estimate of drug-likeness (QED) is 0.683. The predicted octanol–water partition coefficient (Wildman–Crippen LogP) is 2.01. The summed E-state index contributed by atoms with van der Waals surface area (Å²) in [6, 6.07) is 7.09. The van der Waals surface area contributed by atoms with Gasteiger partial charge >= 0.3 is 5.97 Å². The molecule has 5 nitrogen and oxygen atoms in total. The zero-order valence-corrected chi connectivity index (χ0v) is 12.6. The van der Waals surface area contributed by atoms with E-state index < -0.39 is 5.97 Å². The molecule has 1 aromatic rings. The van der Waals surface area contributed by atoms with Gasteiger partial charge in [0.05, 0.1) is 0 Å². The summed E-state index contributed by atoms with van der Waals surface area (Å²) in [5, 5.41) is 11.7. The maximum atomic E-state index is 12.0. The lowest BCUT2D eigenvalue weighted by molar-refractivity contribution is -0.138. The third-order valence-electron chi connectivity index (χ3n) is 3.27. The van der Waals surface area contributed by atoms with Crippen molar-refractivity contribution in [3.8, 4) is 0 Å². The summed E-state index contributed by atoms with van der Waals surface area (Å²) in [5.41, 5.74) is 7.04. The fraction of sp³-hybridized carbons (Fsp3) is 0.500. The minimum absolute atomic E-state index is 0.0465. The molecule has 0 heterocycles. The Morgan fingerprint density at radius 3 is 2.33 bits per heavy atom. The van der Waals surface area contributed by atoms with Crippen LogP contribution in [0.4, 0.5) is 0 Å². The third-order valence-corrected chi connectivity index (χ3v) is 3.27. The number of nitrogens with two attached hydrogens (primary N) is 1. The van der Waals surface area contributed by atoms with Crippen molar-refractivity contribution in [2.75, 3.05) is 6.54 Å². The topological polar surface area (TPSA) is 92.4 Å². The van der Waals surface area contributed by atoms with Crippen LogP contribution >= 0.6 is 0 Å². The molecule has 0 fully saturated rings. The van der Waals surface area contributed by atoms with E-state index >= 15 is 0 Å². The number of amides is 1. The van der Waals surface area contributed by atoms with Gasteiger partial charge in [-0.1, -0.05) is 26.0 Å². The standard InChI is InChI=1S/C16H24N2O3/c1-11(2)7-13(8-15(19)20)10-18-16(21)14-5-3-12(9-17)4-6-14/h3-6,11,13H,7-10,17H2,1-2H3,(H,18,21)(H,19,20). The van der Waals surface area contributed by atoms with Crippen LogP contribution in [-0.2, 0) is 11.3 Å². The second-order valence-electron chi connectivity index (χ2n) is 5.70. The average molecular weight is 292 g/mol. The summed E-state index contributed by atoms with van der Waals surface area (Å²) in [4.78, 5) is 22.9. The van der Waals surface area contributed by atoms with Gasteiger partial charge in [-0.05, 0) is 36.0 Å². The number of benzene rings is 1. The second kappa shape index (κ2) is 8.42. The van der Waals surface area contributed by atoms with Gasteiger partial charge in [-0.2, -0.15) is 0 Å². The zero-order chi connectivity index (χ0) is 15.8. The Morgan fingerprint density at radius 2 is 1.86 bits per heavy atom. The first-order valence-electron chi connectivity index (χ1n) is 7.21. The van der Waals surface area contributed by atoms with Gasteiger partial charge in [0.25, 0.3) is 5.91 Å². The lowest BCUT2D eigenvalue weighted by Gasteiger charge is -2.17. The minimum atomic E-state index is -0.831. The number of carbonyl (C=O) groups is 2. The van der Waals surface area contributed by atoms with Crippen LogP contribution in [0.1, 0.15) is 42.6 Å². The maximum Gasteiger partial charge on any atom is 0.303 e. The van der Waals surface area contributed by atoms with Crippen molar-refractivity contribution in [2.24, 2.45) is 17.6 Å². The summed E-state index contributed by atoms with van der Waals surface area (Å²) >= 11 is 0. The monoisotopic (exact) mass is 292 g/mol. The van der Waals surface area contributed by atoms with E-state index in [0.717, 1.165) is 12.0 Å². The van der Waals surface area contributed by atoms with Crippen molar-refractivity contribution in [3.05, 3.63) is 35.4 Å². The third kappa shape index (κ3) is 6.40. The molecule has 0 saturated carbocycles. The lowest BCUT2D eigenvalue weighted by Crippen LogP contribution is -2.31. The molecule has 0 bridgehead atoms. The molecule has 1 rings (SSSR count). The molecular weight excluding hydrogens is 268 g/mol. The van der Waals surface area contributed by atoms with Crippen molar-refractivity contribution in [3.63, 3.8) is 0 Å². The minimum Gasteiger partial charge on any atom is -0.481 e. The van der Waals surface area contributed by atoms with Gasteiger partial charge in [0.1, 0.15) is 0 Å². The van der Waals surface area contributed by atoms with E-state index in [1.165, 1.54) is 0 Å². The van der Waals surface area contributed by atoms with Crippen molar-refractivity contribution in [1.29, 1.82) is 0 Å². The Labute approximate surface area is 125 Å². The number of nitrogens with one attached hydrogen (secondary N) is 1. The van der Waals surface area contributed by atoms with Crippen molar-refractivity contribution in [2.45, 2.75) is 33.2 Å². The van der Waals surface area contributed by atoms with Crippen LogP contribution in [-0.4, -0.2) is 23.5 Å². The van der Waals surface area contributed by atoms with Crippen LogP contribution in [0.5, 0.6) is 0 Å². The molecule has 0 aliphatic heterocycles. The number of carboxylic acids is 1. The van der Waals surface area contributed by atoms with E-state index in [-0.39, 0.29) is 18.2 Å². The fourth-order valence-electron chi connectivity index (χ4n) is 2.28. The van der Waals surface area contributed by atoms with E-state index in [0.29, 0.717) is 24.6 Å². The van der Waals surface area contributed by atoms with E-state index in [4.69, 9.17) is 10.8 Å². The number of rotatable bonds is 8. The molecule has 0 spiro atoms. The highest BCUT2D eigenvalue weighted by Gasteiger charge is 2.16. The van der Waals surface area contributed by atoms with Gasteiger partial charge in [-0.25, -0.2) is 0 Å². The molecule has 116 valence electrons. The van der Waals surface area contributed by atoms with Crippen LogP contribution in [0.25, 0.3) is 0 Å². The van der Waals surface area contributed by atoms with Gasteiger partial charge < -0.3 is 16.2 Å². The van der Waals surface area contributed by atoms with Gasteiger partial charge in [0.15, 0.2) is 0 Å². The van der Waals surface area contributed by atoms with Crippen molar-refractivity contribution in [1.82, 2.24) is 5.32 Å². The van der Waals surface area contributed by atoms with Gasteiger partial charge in [-0.3, -0.25) is 9.59 Å². The van der Waals surface area contributed by atoms with Crippen molar-refractivity contribution < 1.29 is 14.7 Å². The SMILES string of the molecule is CC(C)CC(CNC(=O)c1ccc(CN)cc1)CC(=O)O. The maximum absolute atomic E-state index is 12.0. The molecule has 1 aromatic carbocycles. The molecule has 0 radical (unpaired) electrons. The Kier molecular flexibility index (Phi) is 6.88. The van der Waals surface area contributed by atoms with Gasteiger partial charge in [0.2, 0.25) is 0 Å². The molecule has 0 aliphatic carbocycles. The predicted molar refractivity (Wildman–Crippen MR) is 81.9 cm³/mol. The summed E-state index contributed by atoms with van der Waals surface area (Å²) < 4.78 is 0. The molecule has 21 heavy (non-hydrogen) atoms. The molecule has 0 saturated heterocycles. The molecule has 4 N–H and O–H groups in total. The van der Waals surface area contributed by atoms with E-state index in [2.05, 4.69) is 5.32 Å². The lowest BCUT2D eigenvalue weighted by atomic mass is 9.94.